The fourth-order valence-electron chi connectivity index (χ4n) is 5.37. The van der Waals surface area contributed by atoms with Crippen LogP contribution in [-0.4, -0.2) is 72.4 Å². The molecule has 9 nitrogen and oxygen atoms in total. The molecule has 0 unspecified atom stereocenters. The number of carbonyl (C=O) groups excluding carboxylic acids is 3. The Morgan fingerprint density at radius 3 is 2.52 bits per heavy atom. The molecule has 42 heavy (non-hydrogen) atoms. The van der Waals surface area contributed by atoms with E-state index in [4.69, 9.17) is 0 Å². The third-order valence-electron chi connectivity index (χ3n) is 7.51. The molecule has 1 aliphatic heterocycles. The average molecular weight is 571 g/mol. The number of hydrogen-bond acceptors (Lipinski definition) is 4. The van der Waals surface area contributed by atoms with E-state index in [1.807, 2.05) is 80.6 Å². The van der Waals surface area contributed by atoms with Crippen LogP contribution in [0.4, 0.5) is 20.6 Å². The van der Waals surface area contributed by atoms with Crippen LogP contribution in [-0.2, 0) is 16.1 Å². The minimum atomic E-state index is -0.931. The summed E-state index contributed by atoms with van der Waals surface area (Å²) in [5.74, 6) is -1.43. The van der Waals surface area contributed by atoms with E-state index in [0.717, 1.165) is 22.0 Å². The van der Waals surface area contributed by atoms with Crippen molar-refractivity contribution in [3.8, 4) is 0 Å². The Bertz CT molecular complexity index is 1580. The number of nitrogens with zero attached hydrogens (tertiary/aromatic N) is 3. The maximum atomic E-state index is 13.8. The summed E-state index contributed by atoms with van der Waals surface area (Å²) in [6.07, 6.45) is 1.87. The summed E-state index contributed by atoms with van der Waals surface area (Å²) in [6.45, 7) is 2.97. The molecule has 2 atom stereocenters. The predicted molar refractivity (Wildman–Crippen MR) is 162 cm³/mol. The number of amides is 4. The van der Waals surface area contributed by atoms with Gasteiger partial charge in [-0.25, -0.2) is 9.18 Å². The fraction of sp³-hybridized carbons (Fsp3) is 0.281. The molecule has 1 saturated heterocycles. The Hall–Kier alpha value is -4.70. The second kappa shape index (κ2) is 12.4. The Kier molecular flexibility index (Phi) is 8.53. The van der Waals surface area contributed by atoms with Crippen molar-refractivity contribution in [1.29, 1.82) is 0 Å². The Morgan fingerprint density at radius 2 is 1.79 bits per heavy atom. The number of fused-ring (bicyclic) bond motifs is 1. The molecule has 1 aliphatic rings. The van der Waals surface area contributed by atoms with E-state index >= 15 is 0 Å². The van der Waals surface area contributed by atoms with Crippen molar-refractivity contribution in [2.24, 2.45) is 0 Å². The minimum absolute atomic E-state index is 0.161. The molecule has 5 rings (SSSR count). The van der Waals surface area contributed by atoms with E-state index in [9.17, 15) is 18.8 Å². The van der Waals surface area contributed by atoms with Crippen LogP contribution in [0.25, 0.3) is 10.9 Å². The maximum Gasteiger partial charge on any atom is 0.318 e. The zero-order valence-electron chi connectivity index (χ0n) is 23.9. The number of aromatic amines is 1. The molecular weight excluding hydrogens is 535 g/mol. The number of H-pyrrole nitrogens is 1. The van der Waals surface area contributed by atoms with E-state index in [2.05, 4.69) is 15.6 Å². The standard InChI is InChI=1S/C32H35FN6O3/c1-21(27-18-34-28-10-5-4-9-26(27)28)30(31(41)35-24-8-6-7-22(17-24)19-37(2)3)36-32(42)38-15-16-39(29(40)20-38)25-13-11-23(33)12-14-25/h4-14,17-18,21,30,34H,15-16,19-20H2,1-3H3,(H,35,41)(H,36,42)/t21-,30+/m0/s1. The average Bonchev–Trinajstić information content (AvgIpc) is 3.40. The number of anilines is 2. The first-order valence-corrected chi connectivity index (χ1v) is 13.9. The highest BCUT2D eigenvalue weighted by atomic mass is 19.1. The number of piperazine rings is 1. The molecule has 4 amide bonds. The van der Waals surface area contributed by atoms with Gasteiger partial charge in [0.05, 0.1) is 0 Å². The predicted octanol–water partition coefficient (Wildman–Crippen LogP) is 4.54. The molecule has 3 N–H and O–H groups in total. The molecule has 0 spiro atoms. The Morgan fingerprint density at radius 1 is 1.02 bits per heavy atom. The van der Waals surface area contributed by atoms with Crippen LogP contribution < -0.4 is 15.5 Å². The van der Waals surface area contributed by atoms with Gasteiger partial charge >= 0.3 is 6.03 Å². The number of urea groups is 1. The number of halogens is 1. The quantitative estimate of drug-likeness (QED) is 0.290. The topological polar surface area (TPSA) is 101 Å². The summed E-state index contributed by atoms with van der Waals surface area (Å²) >= 11 is 0. The van der Waals surface area contributed by atoms with E-state index in [1.54, 1.807) is 12.1 Å². The Labute approximate surface area is 244 Å². The van der Waals surface area contributed by atoms with Crippen molar-refractivity contribution in [1.82, 2.24) is 20.1 Å². The summed E-state index contributed by atoms with van der Waals surface area (Å²) in [7, 11) is 3.95. The lowest BCUT2D eigenvalue weighted by Gasteiger charge is -2.35. The highest BCUT2D eigenvalue weighted by molar-refractivity contribution is 6.00. The second-order valence-corrected chi connectivity index (χ2v) is 10.9. The van der Waals surface area contributed by atoms with Gasteiger partial charge in [0.15, 0.2) is 0 Å². The van der Waals surface area contributed by atoms with Crippen LogP contribution in [0.2, 0.25) is 0 Å². The lowest BCUT2D eigenvalue weighted by molar-refractivity contribution is -0.120. The number of benzene rings is 3. The summed E-state index contributed by atoms with van der Waals surface area (Å²) in [6, 6.07) is 19.7. The Balaban J connectivity index is 1.35. The van der Waals surface area contributed by atoms with Crippen LogP contribution in [0.5, 0.6) is 0 Å². The minimum Gasteiger partial charge on any atom is -0.361 e. The van der Waals surface area contributed by atoms with Crippen LogP contribution in [0.3, 0.4) is 0 Å². The largest absolute Gasteiger partial charge is 0.361 e. The first kappa shape index (κ1) is 28.8. The van der Waals surface area contributed by atoms with Crippen LogP contribution in [0.1, 0.15) is 24.0 Å². The number of aromatic nitrogens is 1. The second-order valence-electron chi connectivity index (χ2n) is 10.9. The van der Waals surface area contributed by atoms with Crippen LogP contribution >= 0.6 is 0 Å². The van der Waals surface area contributed by atoms with Crippen LogP contribution in [0.15, 0.2) is 79.0 Å². The van der Waals surface area contributed by atoms with Crippen LogP contribution in [0, 0.1) is 5.82 Å². The normalized spacial score (nSPS) is 15.1. The van der Waals surface area contributed by atoms with E-state index in [1.165, 1.54) is 21.9 Å². The SMILES string of the molecule is C[C@@H](c1c[nH]c2ccccc12)[C@@H](NC(=O)N1CCN(c2ccc(F)cc2)C(=O)C1)C(=O)Nc1cccc(CN(C)C)c1. The van der Waals surface area contributed by atoms with Gasteiger partial charge in [-0.15, -0.1) is 0 Å². The smallest absolute Gasteiger partial charge is 0.318 e. The highest BCUT2D eigenvalue weighted by Gasteiger charge is 2.34. The van der Waals surface area contributed by atoms with Gasteiger partial charge in [0.2, 0.25) is 11.8 Å². The number of para-hydroxylation sites is 1. The first-order valence-electron chi connectivity index (χ1n) is 13.9. The molecule has 2 heterocycles. The third-order valence-corrected chi connectivity index (χ3v) is 7.51. The summed E-state index contributed by atoms with van der Waals surface area (Å²) in [4.78, 5) is 48.5. The highest BCUT2D eigenvalue weighted by Crippen LogP contribution is 2.29. The molecule has 0 aliphatic carbocycles. The molecule has 0 saturated carbocycles. The first-order chi connectivity index (χ1) is 20.2. The molecule has 10 heteroatoms. The molecule has 0 bridgehead atoms. The summed E-state index contributed by atoms with van der Waals surface area (Å²) < 4.78 is 13.4. The zero-order chi connectivity index (χ0) is 29.8. The van der Waals surface area contributed by atoms with Gasteiger partial charge in [-0.05, 0) is 67.7 Å². The number of carbonyl (C=O) groups is 3. The van der Waals surface area contributed by atoms with Gasteiger partial charge in [0.1, 0.15) is 18.4 Å². The molecule has 1 aromatic heterocycles. The summed E-state index contributed by atoms with van der Waals surface area (Å²) in [5.41, 5.74) is 4.07. The van der Waals surface area contributed by atoms with Gasteiger partial charge in [-0.1, -0.05) is 37.3 Å². The van der Waals surface area contributed by atoms with Crippen molar-refractivity contribution >= 4 is 40.1 Å². The lowest BCUT2D eigenvalue weighted by Crippen LogP contribution is -2.58. The molecule has 218 valence electrons. The molecule has 4 aromatic rings. The number of nitrogens with one attached hydrogen (secondary N) is 3. The fourth-order valence-corrected chi connectivity index (χ4v) is 5.37. The molecule has 1 fully saturated rings. The number of rotatable bonds is 8. The van der Waals surface area contributed by atoms with Crippen molar-refractivity contribution in [2.45, 2.75) is 25.4 Å². The summed E-state index contributed by atoms with van der Waals surface area (Å²) in [5, 5.41) is 6.88. The molecule has 3 aromatic carbocycles. The van der Waals surface area contributed by atoms with Crippen molar-refractivity contribution < 1.29 is 18.8 Å². The van der Waals surface area contributed by atoms with Gasteiger partial charge in [-0.3, -0.25) is 9.59 Å². The molecular formula is C32H35FN6O3. The maximum absolute atomic E-state index is 13.8. The van der Waals surface area contributed by atoms with Gasteiger partial charge in [0.25, 0.3) is 0 Å². The van der Waals surface area contributed by atoms with E-state index < -0.39 is 18.0 Å². The van der Waals surface area contributed by atoms with Crippen molar-refractivity contribution in [2.75, 3.05) is 43.9 Å². The molecule has 0 radical (unpaired) electrons. The van der Waals surface area contributed by atoms with Gasteiger partial charge in [0, 0.05) is 54.0 Å². The van der Waals surface area contributed by atoms with Crippen molar-refractivity contribution in [3.63, 3.8) is 0 Å². The lowest BCUT2D eigenvalue weighted by atomic mass is 9.92. The zero-order valence-corrected chi connectivity index (χ0v) is 23.9. The third kappa shape index (κ3) is 6.44. The van der Waals surface area contributed by atoms with Gasteiger partial charge in [-0.2, -0.15) is 0 Å². The van der Waals surface area contributed by atoms with E-state index in [-0.39, 0.29) is 37.3 Å². The van der Waals surface area contributed by atoms with Gasteiger partial charge < -0.3 is 30.3 Å². The van der Waals surface area contributed by atoms with E-state index in [0.29, 0.717) is 17.9 Å². The monoisotopic (exact) mass is 570 g/mol. The van der Waals surface area contributed by atoms with Crippen molar-refractivity contribution in [3.05, 3.63) is 95.9 Å². The number of hydrogen-bond donors (Lipinski definition) is 3.